The minimum Gasteiger partial charge on any atom is -0.491 e. The van der Waals surface area contributed by atoms with E-state index in [1.807, 2.05) is 32.9 Å². The lowest BCUT2D eigenvalue weighted by molar-refractivity contribution is 0.242. The van der Waals surface area contributed by atoms with Crippen LogP contribution in [0.4, 0.5) is 11.4 Å². The molecule has 1 fully saturated rings. The molecule has 112 valence electrons. The lowest BCUT2D eigenvalue weighted by Gasteiger charge is -2.35. The van der Waals surface area contributed by atoms with Crippen molar-refractivity contribution in [3.8, 4) is 5.75 Å². The standard InChI is InChI=1S/C14H22N2O3S/c1-10(2)19-14-7-12(15)6-13(8-14)16-4-5-20(17,18)9-11(16)3/h6-8,10-11H,4-5,9,15H2,1-3H3. The highest BCUT2D eigenvalue weighted by molar-refractivity contribution is 7.91. The van der Waals surface area contributed by atoms with Gasteiger partial charge in [-0.3, -0.25) is 0 Å². The second kappa shape index (κ2) is 5.52. The van der Waals surface area contributed by atoms with Gasteiger partial charge >= 0.3 is 0 Å². The maximum absolute atomic E-state index is 11.6. The van der Waals surface area contributed by atoms with Crippen molar-refractivity contribution in [3.63, 3.8) is 0 Å². The first kappa shape index (κ1) is 15.0. The van der Waals surface area contributed by atoms with Crippen molar-refractivity contribution in [2.24, 2.45) is 0 Å². The molecule has 0 radical (unpaired) electrons. The summed E-state index contributed by atoms with van der Waals surface area (Å²) < 4.78 is 29.0. The topological polar surface area (TPSA) is 72.6 Å². The van der Waals surface area contributed by atoms with E-state index >= 15 is 0 Å². The highest BCUT2D eigenvalue weighted by Crippen LogP contribution is 2.29. The van der Waals surface area contributed by atoms with Crippen LogP contribution in [0.2, 0.25) is 0 Å². The number of hydrogen-bond acceptors (Lipinski definition) is 5. The molecular formula is C14H22N2O3S. The Morgan fingerprint density at radius 3 is 2.65 bits per heavy atom. The summed E-state index contributed by atoms with van der Waals surface area (Å²) in [6.07, 6.45) is 0.0730. The summed E-state index contributed by atoms with van der Waals surface area (Å²) in [6, 6.07) is 5.52. The van der Waals surface area contributed by atoms with Crippen LogP contribution in [0.5, 0.6) is 5.75 Å². The molecule has 2 N–H and O–H groups in total. The molecule has 0 amide bonds. The summed E-state index contributed by atoms with van der Waals surface area (Å²) in [4.78, 5) is 2.07. The number of ether oxygens (including phenoxy) is 1. The normalized spacial score (nSPS) is 22.0. The molecule has 1 aliphatic heterocycles. The summed E-state index contributed by atoms with van der Waals surface area (Å²) in [5.41, 5.74) is 7.46. The molecule has 0 aromatic heterocycles. The molecule has 1 unspecified atom stereocenters. The van der Waals surface area contributed by atoms with Crippen LogP contribution in [-0.4, -0.2) is 38.6 Å². The van der Waals surface area contributed by atoms with Gasteiger partial charge in [0.1, 0.15) is 5.75 Å². The van der Waals surface area contributed by atoms with Crippen LogP contribution in [0, 0.1) is 0 Å². The van der Waals surface area contributed by atoms with Crippen LogP contribution >= 0.6 is 0 Å². The lowest BCUT2D eigenvalue weighted by Crippen LogP contribution is -2.47. The zero-order valence-electron chi connectivity index (χ0n) is 12.2. The van der Waals surface area contributed by atoms with Gasteiger partial charge in [0, 0.05) is 36.1 Å². The number of sulfone groups is 1. The van der Waals surface area contributed by atoms with E-state index in [1.165, 1.54) is 0 Å². The largest absolute Gasteiger partial charge is 0.491 e. The molecule has 0 bridgehead atoms. The van der Waals surface area contributed by atoms with E-state index in [4.69, 9.17) is 10.5 Å². The Balaban J connectivity index is 2.26. The molecule has 1 saturated heterocycles. The van der Waals surface area contributed by atoms with Gasteiger partial charge in [0.15, 0.2) is 9.84 Å². The van der Waals surface area contributed by atoms with Crippen LogP contribution < -0.4 is 15.4 Å². The van der Waals surface area contributed by atoms with Crippen molar-refractivity contribution in [1.29, 1.82) is 0 Å². The SMILES string of the molecule is CC(C)Oc1cc(N)cc(N2CCS(=O)(=O)CC2C)c1. The predicted molar refractivity (Wildman–Crippen MR) is 82.1 cm³/mol. The average Bonchev–Trinajstić information content (AvgIpc) is 2.25. The second-order valence-corrected chi connectivity index (χ2v) is 7.81. The number of anilines is 2. The minimum atomic E-state index is -2.92. The Morgan fingerprint density at radius 1 is 1.35 bits per heavy atom. The molecule has 1 atom stereocenters. The maximum atomic E-state index is 11.6. The summed E-state index contributed by atoms with van der Waals surface area (Å²) in [5.74, 6) is 1.09. The third-order valence-corrected chi connectivity index (χ3v) is 5.08. The minimum absolute atomic E-state index is 0.0533. The molecule has 5 nitrogen and oxygen atoms in total. The van der Waals surface area contributed by atoms with Crippen molar-refractivity contribution in [3.05, 3.63) is 18.2 Å². The van der Waals surface area contributed by atoms with E-state index in [2.05, 4.69) is 4.90 Å². The van der Waals surface area contributed by atoms with Gasteiger partial charge in [0.25, 0.3) is 0 Å². The van der Waals surface area contributed by atoms with E-state index < -0.39 is 9.84 Å². The Bertz CT molecular complexity index is 584. The summed E-state index contributed by atoms with van der Waals surface area (Å²) in [5, 5.41) is 0. The molecule has 1 aromatic rings. The van der Waals surface area contributed by atoms with Crippen LogP contribution in [0.15, 0.2) is 18.2 Å². The fourth-order valence-corrected chi connectivity index (χ4v) is 4.05. The Hall–Kier alpha value is -1.43. The molecule has 2 rings (SSSR count). The Kier molecular flexibility index (Phi) is 4.13. The van der Waals surface area contributed by atoms with Gasteiger partial charge in [-0.25, -0.2) is 8.42 Å². The van der Waals surface area contributed by atoms with Gasteiger partial charge in [0.05, 0.1) is 17.6 Å². The molecule has 6 heteroatoms. The monoisotopic (exact) mass is 298 g/mol. The van der Waals surface area contributed by atoms with E-state index in [1.54, 1.807) is 6.07 Å². The molecular weight excluding hydrogens is 276 g/mol. The third kappa shape index (κ3) is 3.56. The smallest absolute Gasteiger partial charge is 0.154 e. The van der Waals surface area contributed by atoms with E-state index in [-0.39, 0.29) is 23.7 Å². The fourth-order valence-electron chi connectivity index (χ4n) is 2.49. The van der Waals surface area contributed by atoms with Gasteiger partial charge in [-0.15, -0.1) is 0 Å². The van der Waals surface area contributed by atoms with Crippen LogP contribution in [0.1, 0.15) is 20.8 Å². The van der Waals surface area contributed by atoms with Crippen LogP contribution in [-0.2, 0) is 9.84 Å². The first-order chi connectivity index (χ1) is 9.27. The second-order valence-electron chi connectivity index (χ2n) is 5.58. The number of hydrogen-bond donors (Lipinski definition) is 1. The molecule has 0 saturated carbocycles. The van der Waals surface area contributed by atoms with Gasteiger partial charge in [-0.1, -0.05) is 0 Å². The van der Waals surface area contributed by atoms with Crippen molar-refractivity contribution in [2.75, 3.05) is 28.7 Å². The summed E-state index contributed by atoms with van der Waals surface area (Å²) in [7, 11) is -2.92. The number of nitrogen functional groups attached to an aromatic ring is 1. The van der Waals surface area contributed by atoms with Gasteiger partial charge < -0.3 is 15.4 Å². The number of nitrogens with two attached hydrogens (primary N) is 1. The van der Waals surface area contributed by atoms with Gasteiger partial charge in [0.2, 0.25) is 0 Å². The van der Waals surface area contributed by atoms with Crippen molar-refractivity contribution in [2.45, 2.75) is 32.9 Å². The molecule has 1 heterocycles. The lowest BCUT2D eigenvalue weighted by atomic mass is 10.2. The first-order valence-electron chi connectivity index (χ1n) is 6.81. The zero-order chi connectivity index (χ0) is 14.9. The van der Waals surface area contributed by atoms with Gasteiger partial charge in [-0.2, -0.15) is 0 Å². The van der Waals surface area contributed by atoms with Crippen LogP contribution in [0.25, 0.3) is 0 Å². The third-order valence-electron chi connectivity index (χ3n) is 3.29. The Morgan fingerprint density at radius 2 is 2.05 bits per heavy atom. The van der Waals surface area contributed by atoms with Crippen molar-refractivity contribution >= 4 is 21.2 Å². The average molecular weight is 298 g/mol. The highest BCUT2D eigenvalue weighted by atomic mass is 32.2. The van der Waals surface area contributed by atoms with Crippen molar-refractivity contribution < 1.29 is 13.2 Å². The summed E-state index contributed by atoms with van der Waals surface area (Å²) in [6.45, 7) is 6.33. The van der Waals surface area contributed by atoms with Gasteiger partial charge in [-0.05, 0) is 26.8 Å². The molecule has 1 aromatic carbocycles. The first-order valence-corrected chi connectivity index (χ1v) is 8.63. The summed E-state index contributed by atoms with van der Waals surface area (Å²) >= 11 is 0. The van der Waals surface area contributed by atoms with E-state index in [0.717, 1.165) is 11.4 Å². The number of rotatable bonds is 3. The van der Waals surface area contributed by atoms with Crippen molar-refractivity contribution in [1.82, 2.24) is 0 Å². The predicted octanol–water partition coefficient (Wildman–Crippen LogP) is 1.68. The van der Waals surface area contributed by atoms with E-state index in [0.29, 0.717) is 12.2 Å². The molecule has 1 aliphatic rings. The molecule has 0 aliphatic carbocycles. The highest BCUT2D eigenvalue weighted by Gasteiger charge is 2.28. The number of nitrogens with zero attached hydrogens (tertiary/aromatic N) is 1. The molecule has 0 spiro atoms. The fraction of sp³-hybridized carbons (Fsp3) is 0.571. The molecule has 20 heavy (non-hydrogen) atoms. The van der Waals surface area contributed by atoms with E-state index in [9.17, 15) is 8.42 Å². The van der Waals surface area contributed by atoms with Crippen LogP contribution in [0.3, 0.4) is 0 Å². The number of benzene rings is 1. The maximum Gasteiger partial charge on any atom is 0.154 e. The Labute approximate surface area is 120 Å². The zero-order valence-corrected chi connectivity index (χ0v) is 13.0. The quantitative estimate of drug-likeness (QED) is 0.860.